The Balaban J connectivity index is 0.000000219. The van der Waals surface area contributed by atoms with Crippen LogP contribution in [0.1, 0.15) is 0 Å². The number of rotatable bonds is 4. The third-order valence-corrected chi connectivity index (χ3v) is 4.02. The molecule has 130 valence electrons. The Kier molecular flexibility index (Phi) is 8.44. The van der Waals surface area contributed by atoms with Crippen LogP contribution in [-0.4, -0.2) is 59.4 Å². The fourth-order valence-electron chi connectivity index (χ4n) is 1.99. The molecule has 3 heterocycles. The van der Waals surface area contributed by atoms with Crippen molar-refractivity contribution in [1.82, 2.24) is 14.9 Å². The van der Waals surface area contributed by atoms with Gasteiger partial charge < -0.3 is 14.6 Å². The summed E-state index contributed by atoms with van der Waals surface area (Å²) < 4.78 is 12.6. The van der Waals surface area contributed by atoms with Gasteiger partial charge in [-0.15, -0.1) is 0 Å². The molecule has 8 heteroatoms. The second kappa shape index (κ2) is 10.6. The first kappa shape index (κ1) is 19.1. The molecule has 0 aromatic carbocycles. The predicted octanol–water partition coefficient (Wildman–Crippen LogP) is 3.10. The number of aromatic nitrogens is 2. The van der Waals surface area contributed by atoms with Gasteiger partial charge in [-0.2, -0.15) is 0 Å². The Morgan fingerprint density at radius 1 is 1.04 bits per heavy atom. The number of aromatic hydroxyl groups is 1. The zero-order valence-corrected chi connectivity index (χ0v) is 16.2. The number of hydrogen-bond donors (Lipinski definition) is 1. The van der Waals surface area contributed by atoms with Crippen molar-refractivity contribution in [3.8, 4) is 11.5 Å². The molecule has 1 aliphatic rings. The predicted molar refractivity (Wildman–Crippen MR) is 98.3 cm³/mol. The fourth-order valence-corrected chi connectivity index (χ4v) is 2.69. The van der Waals surface area contributed by atoms with E-state index in [0.717, 1.165) is 47.5 Å². The third kappa shape index (κ3) is 7.57. The van der Waals surface area contributed by atoms with Gasteiger partial charge in [0.1, 0.15) is 18.1 Å². The Bertz CT molecular complexity index is 608. The standard InChI is InChI=1S/C11H15BrN2O2.C5H4BrNO/c12-10-7-11(9-13-8-10)16-6-3-14-1-4-15-5-2-14;6-4-1-5(8)3-7-2-4/h7-9H,1-6H2;1-3,8H. The maximum Gasteiger partial charge on any atom is 0.138 e. The topological polar surface area (TPSA) is 67.7 Å². The van der Waals surface area contributed by atoms with Crippen molar-refractivity contribution < 1.29 is 14.6 Å². The molecule has 1 aliphatic heterocycles. The monoisotopic (exact) mass is 459 g/mol. The van der Waals surface area contributed by atoms with E-state index in [0.29, 0.717) is 6.61 Å². The Labute approximate surface area is 158 Å². The van der Waals surface area contributed by atoms with Crippen LogP contribution in [0.5, 0.6) is 11.5 Å². The number of ether oxygens (including phenoxy) is 2. The van der Waals surface area contributed by atoms with E-state index in [-0.39, 0.29) is 5.75 Å². The van der Waals surface area contributed by atoms with Crippen molar-refractivity contribution in [2.24, 2.45) is 0 Å². The largest absolute Gasteiger partial charge is 0.506 e. The molecule has 2 aromatic rings. The maximum absolute atomic E-state index is 8.72. The normalized spacial score (nSPS) is 14.6. The first-order valence-corrected chi connectivity index (χ1v) is 9.05. The second-order valence-electron chi connectivity index (χ2n) is 5.00. The van der Waals surface area contributed by atoms with Gasteiger partial charge >= 0.3 is 0 Å². The van der Waals surface area contributed by atoms with Crippen molar-refractivity contribution >= 4 is 31.9 Å². The summed E-state index contributed by atoms with van der Waals surface area (Å²) in [6.45, 7) is 5.30. The maximum atomic E-state index is 8.72. The van der Waals surface area contributed by atoms with E-state index in [1.807, 2.05) is 6.07 Å². The molecule has 3 rings (SSSR count). The lowest BCUT2D eigenvalue weighted by Crippen LogP contribution is -2.38. The Morgan fingerprint density at radius 3 is 2.29 bits per heavy atom. The van der Waals surface area contributed by atoms with E-state index in [1.165, 1.54) is 6.20 Å². The highest BCUT2D eigenvalue weighted by Gasteiger charge is 2.09. The van der Waals surface area contributed by atoms with Crippen LogP contribution in [0.4, 0.5) is 0 Å². The lowest BCUT2D eigenvalue weighted by molar-refractivity contribution is 0.0322. The van der Waals surface area contributed by atoms with Crippen molar-refractivity contribution in [3.63, 3.8) is 0 Å². The Hall–Kier alpha value is -1.22. The molecule has 0 radical (unpaired) electrons. The molecule has 0 saturated carbocycles. The summed E-state index contributed by atoms with van der Waals surface area (Å²) in [4.78, 5) is 10.1. The highest BCUT2D eigenvalue weighted by Crippen LogP contribution is 2.15. The van der Waals surface area contributed by atoms with Crippen LogP contribution in [0.2, 0.25) is 0 Å². The molecule has 0 bridgehead atoms. The van der Waals surface area contributed by atoms with Gasteiger partial charge in [-0.3, -0.25) is 14.9 Å². The number of halogens is 2. The van der Waals surface area contributed by atoms with Gasteiger partial charge in [0.25, 0.3) is 0 Å². The van der Waals surface area contributed by atoms with Gasteiger partial charge in [-0.25, -0.2) is 0 Å². The van der Waals surface area contributed by atoms with Gasteiger partial charge in [-0.1, -0.05) is 0 Å². The lowest BCUT2D eigenvalue weighted by Gasteiger charge is -2.26. The minimum absolute atomic E-state index is 0.180. The number of hydrogen-bond acceptors (Lipinski definition) is 6. The second-order valence-corrected chi connectivity index (χ2v) is 6.83. The van der Waals surface area contributed by atoms with E-state index in [9.17, 15) is 0 Å². The molecule has 0 amide bonds. The summed E-state index contributed by atoms with van der Waals surface area (Å²) in [5, 5.41) is 8.72. The van der Waals surface area contributed by atoms with Crippen LogP contribution in [0.25, 0.3) is 0 Å². The van der Waals surface area contributed by atoms with Crippen LogP contribution >= 0.6 is 31.9 Å². The minimum atomic E-state index is 0.180. The summed E-state index contributed by atoms with van der Waals surface area (Å²) in [5.74, 6) is 0.988. The number of nitrogens with zero attached hydrogens (tertiary/aromatic N) is 3. The quantitative estimate of drug-likeness (QED) is 0.756. The van der Waals surface area contributed by atoms with E-state index < -0.39 is 0 Å². The van der Waals surface area contributed by atoms with E-state index in [4.69, 9.17) is 14.6 Å². The molecular formula is C16H19Br2N3O3. The van der Waals surface area contributed by atoms with Gasteiger partial charge in [-0.05, 0) is 44.0 Å². The van der Waals surface area contributed by atoms with Gasteiger partial charge in [0, 0.05) is 41.0 Å². The molecule has 24 heavy (non-hydrogen) atoms. The molecule has 0 spiro atoms. The summed E-state index contributed by atoms with van der Waals surface area (Å²) in [6, 6.07) is 3.50. The fraction of sp³-hybridized carbons (Fsp3) is 0.375. The van der Waals surface area contributed by atoms with Crippen LogP contribution in [0, 0.1) is 0 Å². The zero-order chi connectivity index (χ0) is 17.2. The Morgan fingerprint density at radius 2 is 1.71 bits per heavy atom. The van der Waals surface area contributed by atoms with Gasteiger partial charge in [0.15, 0.2) is 0 Å². The van der Waals surface area contributed by atoms with Crippen LogP contribution < -0.4 is 4.74 Å². The summed E-state index contributed by atoms with van der Waals surface area (Å²) in [5.41, 5.74) is 0. The first-order chi connectivity index (χ1) is 11.6. The SMILES string of the molecule is Brc1cncc(OCCN2CCOCC2)c1.Oc1cncc(Br)c1. The average molecular weight is 461 g/mol. The summed E-state index contributed by atoms with van der Waals surface area (Å²) in [7, 11) is 0. The van der Waals surface area contributed by atoms with Gasteiger partial charge in [0.2, 0.25) is 0 Å². The molecular weight excluding hydrogens is 442 g/mol. The highest BCUT2D eigenvalue weighted by molar-refractivity contribution is 9.10. The highest BCUT2D eigenvalue weighted by atomic mass is 79.9. The lowest BCUT2D eigenvalue weighted by atomic mass is 10.4. The third-order valence-electron chi connectivity index (χ3n) is 3.15. The minimum Gasteiger partial charge on any atom is -0.506 e. The van der Waals surface area contributed by atoms with Gasteiger partial charge in [0.05, 0.1) is 25.6 Å². The van der Waals surface area contributed by atoms with Crippen LogP contribution in [0.15, 0.2) is 45.9 Å². The van der Waals surface area contributed by atoms with Crippen molar-refractivity contribution in [1.29, 1.82) is 0 Å². The molecule has 0 atom stereocenters. The van der Waals surface area contributed by atoms with Crippen LogP contribution in [-0.2, 0) is 4.74 Å². The van der Waals surface area contributed by atoms with E-state index in [1.54, 1.807) is 24.7 Å². The molecule has 2 aromatic heterocycles. The smallest absolute Gasteiger partial charge is 0.138 e. The number of morpholine rings is 1. The average Bonchev–Trinajstić information content (AvgIpc) is 2.56. The molecule has 0 unspecified atom stereocenters. The van der Waals surface area contributed by atoms with Crippen molar-refractivity contribution in [3.05, 3.63) is 45.9 Å². The zero-order valence-electron chi connectivity index (χ0n) is 13.1. The molecule has 1 saturated heterocycles. The molecule has 0 aliphatic carbocycles. The molecule has 1 fully saturated rings. The summed E-state index contributed by atoms with van der Waals surface area (Å²) in [6.07, 6.45) is 6.46. The van der Waals surface area contributed by atoms with E-state index >= 15 is 0 Å². The van der Waals surface area contributed by atoms with Crippen molar-refractivity contribution in [2.45, 2.75) is 0 Å². The first-order valence-electron chi connectivity index (χ1n) is 7.46. The van der Waals surface area contributed by atoms with Crippen molar-refractivity contribution in [2.75, 3.05) is 39.5 Å². The van der Waals surface area contributed by atoms with E-state index in [2.05, 4.69) is 46.7 Å². The number of pyridine rings is 2. The molecule has 6 nitrogen and oxygen atoms in total. The summed E-state index contributed by atoms with van der Waals surface area (Å²) >= 11 is 6.50. The molecule has 1 N–H and O–H groups in total. The van der Waals surface area contributed by atoms with Crippen LogP contribution in [0.3, 0.4) is 0 Å².